The van der Waals surface area contributed by atoms with E-state index in [1.807, 2.05) is 52.3 Å². The van der Waals surface area contributed by atoms with Crippen LogP contribution in [0.15, 0.2) is 76.5 Å². The minimum absolute atomic E-state index is 0.0490. The molecule has 3 aromatic carbocycles. The predicted octanol–water partition coefficient (Wildman–Crippen LogP) is 4.96. The van der Waals surface area contributed by atoms with Gasteiger partial charge in [-0.05, 0) is 42.0 Å². The van der Waals surface area contributed by atoms with Crippen molar-refractivity contribution in [3.8, 4) is 11.5 Å². The molecule has 0 aromatic heterocycles. The minimum Gasteiger partial charge on any atom is -0.454 e. The molecule has 0 atom stereocenters. The van der Waals surface area contributed by atoms with Crippen LogP contribution < -0.4 is 14.4 Å². The molecule has 6 nitrogen and oxygen atoms in total. The summed E-state index contributed by atoms with van der Waals surface area (Å²) in [6.45, 7) is 4.22. The molecule has 3 aromatic rings. The first-order valence-electron chi connectivity index (χ1n) is 10.8. The average molecular weight is 446 g/mol. The van der Waals surface area contributed by atoms with Gasteiger partial charge in [0.05, 0.1) is 11.4 Å². The van der Waals surface area contributed by atoms with Gasteiger partial charge in [0, 0.05) is 42.5 Å². The SMILES string of the molecule is O=C(N1CCN(Cc2ccc3c(c2)OCO3)CC1)N1c2ccccc2Sc2ccccc21. The number of benzene rings is 3. The second-order valence-corrected chi connectivity index (χ2v) is 9.19. The van der Waals surface area contributed by atoms with Gasteiger partial charge in [-0.3, -0.25) is 9.80 Å². The first-order chi connectivity index (χ1) is 15.8. The van der Waals surface area contributed by atoms with E-state index in [0.717, 1.165) is 52.3 Å². The van der Waals surface area contributed by atoms with Gasteiger partial charge in [0.1, 0.15) is 0 Å². The number of para-hydroxylation sites is 2. The molecule has 3 aliphatic heterocycles. The highest BCUT2D eigenvalue weighted by molar-refractivity contribution is 7.99. The summed E-state index contributed by atoms with van der Waals surface area (Å²) in [4.78, 5) is 22.1. The number of fused-ring (bicyclic) bond motifs is 3. The molecule has 0 N–H and O–H groups in total. The molecule has 0 unspecified atom stereocenters. The second kappa shape index (κ2) is 8.07. The van der Waals surface area contributed by atoms with Crippen molar-refractivity contribution >= 4 is 29.2 Å². The van der Waals surface area contributed by atoms with Crippen LogP contribution in [-0.4, -0.2) is 48.8 Å². The highest BCUT2D eigenvalue weighted by atomic mass is 32.2. The van der Waals surface area contributed by atoms with Crippen molar-refractivity contribution < 1.29 is 14.3 Å². The third kappa shape index (κ3) is 3.47. The van der Waals surface area contributed by atoms with Gasteiger partial charge in [0.25, 0.3) is 0 Å². The number of hydrogen-bond acceptors (Lipinski definition) is 5. The lowest BCUT2D eigenvalue weighted by molar-refractivity contribution is 0.140. The second-order valence-electron chi connectivity index (χ2n) is 8.11. The van der Waals surface area contributed by atoms with Gasteiger partial charge in [-0.25, -0.2) is 4.79 Å². The number of ether oxygens (including phenoxy) is 2. The summed E-state index contributed by atoms with van der Waals surface area (Å²) >= 11 is 1.72. The zero-order valence-corrected chi connectivity index (χ0v) is 18.4. The Morgan fingerprint density at radius 2 is 1.47 bits per heavy atom. The van der Waals surface area contributed by atoms with E-state index >= 15 is 0 Å². The number of carbonyl (C=O) groups excluding carboxylic acids is 1. The van der Waals surface area contributed by atoms with E-state index in [-0.39, 0.29) is 6.03 Å². The Labute approximate surface area is 191 Å². The number of nitrogens with zero attached hydrogens (tertiary/aromatic N) is 3. The zero-order valence-electron chi connectivity index (χ0n) is 17.6. The van der Waals surface area contributed by atoms with Crippen molar-refractivity contribution in [3.63, 3.8) is 0 Å². The molecule has 1 saturated heterocycles. The van der Waals surface area contributed by atoms with Crippen LogP contribution in [0.3, 0.4) is 0 Å². The molecule has 162 valence electrons. The summed E-state index contributed by atoms with van der Waals surface area (Å²) in [7, 11) is 0. The Hall–Kier alpha value is -3.16. The number of rotatable bonds is 2. The van der Waals surface area contributed by atoms with Crippen molar-refractivity contribution in [3.05, 3.63) is 72.3 Å². The molecule has 1 fully saturated rings. The lowest BCUT2D eigenvalue weighted by atomic mass is 10.1. The highest BCUT2D eigenvalue weighted by Gasteiger charge is 2.32. The Kier molecular flexibility index (Phi) is 4.92. The molecule has 0 aliphatic carbocycles. The van der Waals surface area contributed by atoms with E-state index in [1.165, 1.54) is 5.56 Å². The van der Waals surface area contributed by atoms with Crippen LogP contribution in [0.5, 0.6) is 11.5 Å². The summed E-state index contributed by atoms with van der Waals surface area (Å²) in [5, 5.41) is 0. The fourth-order valence-corrected chi connectivity index (χ4v) is 5.50. The standard InChI is InChI=1S/C25H23N3O3S/c29-25(28-19-5-1-3-7-23(19)32-24-8-4-2-6-20(24)28)27-13-11-26(12-14-27)16-18-9-10-21-22(15-18)31-17-30-21/h1-10,15H,11-14,16-17H2. The zero-order chi connectivity index (χ0) is 21.5. The largest absolute Gasteiger partial charge is 0.454 e. The number of hydrogen-bond donors (Lipinski definition) is 0. The molecule has 2 amide bonds. The lowest BCUT2D eigenvalue weighted by Crippen LogP contribution is -2.52. The summed E-state index contributed by atoms with van der Waals surface area (Å²) in [5.74, 6) is 1.63. The van der Waals surface area contributed by atoms with Gasteiger partial charge in [0.15, 0.2) is 11.5 Å². The third-order valence-corrected chi connectivity index (χ3v) is 7.24. The minimum atomic E-state index is 0.0490. The Balaban J connectivity index is 1.17. The van der Waals surface area contributed by atoms with Gasteiger partial charge in [-0.15, -0.1) is 0 Å². The first-order valence-corrected chi connectivity index (χ1v) is 11.6. The molecular formula is C25H23N3O3S. The highest BCUT2D eigenvalue weighted by Crippen LogP contribution is 2.48. The van der Waals surface area contributed by atoms with Crippen molar-refractivity contribution in [2.75, 3.05) is 37.9 Å². The molecule has 0 saturated carbocycles. The molecule has 0 spiro atoms. The van der Waals surface area contributed by atoms with Crippen molar-refractivity contribution in [1.29, 1.82) is 0 Å². The molecule has 0 bridgehead atoms. The molecule has 6 rings (SSSR count). The molecule has 3 heterocycles. The van der Waals surface area contributed by atoms with Crippen LogP contribution in [0.25, 0.3) is 0 Å². The quantitative estimate of drug-likeness (QED) is 0.558. The van der Waals surface area contributed by atoms with Crippen LogP contribution in [-0.2, 0) is 6.54 Å². The van der Waals surface area contributed by atoms with Crippen molar-refractivity contribution in [2.45, 2.75) is 16.3 Å². The predicted molar refractivity (Wildman–Crippen MR) is 124 cm³/mol. The Morgan fingerprint density at radius 3 is 2.19 bits per heavy atom. The smallest absolute Gasteiger partial charge is 0.329 e. The number of carbonyl (C=O) groups is 1. The molecule has 32 heavy (non-hydrogen) atoms. The Bertz CT molecular complexity index is 1130. The van der Waals surface area contributed by atoms with E-state index < -0.39 is 0 Å². The normalized spacial score (nSPS) is 17.1. The molecule has 0 radical (unpaired) electrons. The lowest BCUT2D eigenvalue weighted by Gasteiger charge is -2.39. The summed E-state index contributed by atoms with van der Waals surface area (Å²) < 4.78 is 10.9. The first kappa shape index (κ1) is 19.5. The van der Waals surface area contributed by atoms with Crippen LogP contribution in [0, 0.1) is 0 Å². The van der Waals surface area contributed by atoms with E-state index in [9.17, 15) is 4.79 Å². The van der Waals surface area contributed by atoms with Gasteiger partial charge < -0.3 is 14.4 Å². The van der Waals surface area contributed by atoms with Crippen molar-refractivity contribution in [1.82, 2.24) is 9.80 Å². The average Bonchev–Trinajstić information content (AvgIpc) is 3.30. The monoisotopic (exact) mass is 445 g/mol. The fraction of sp³-hybridized carbons (Fsp3) is 0.240. The van der Waals surface area contributed by atoms with Crippen LogP contribution in [0.1, 0.15) is 5.56 Å². The van der Waals surface area contributed by atoms with Gasteiger partial charge in [0.2, 0.25) is 6.79 Å². The van der Waals surface area contributed by atoms with Crippen LogP contribution in [0.4, 0.5) is 16.2 Å². The van der Waals surface area contributed by atoms with E-state index in [2.05, 4.69) is 29.2 Å². The summed E-state index contributed by atoms with van der Waals surface area (Å²) in [6.07, 6.45) is 0. The van der Waals surface area contributed by atoms with Gasteiger partial charge >= 0.3 is 6.03 Å². The number of anilines is 2. The number of amides is 2. The van der Waals surface area contributed by atoms with E-state index in [4.69, 9.17) is 9.47 Å². The van der Waals surface area contributed by atoms with Crippen LogP contribution >= 0.6 is 11.8 Å². The van der Waals surface area contributed by atoms with Crippen LogP contribution in [0.2, 0.25) is 0 Å². The summed E-state index contributed by atoms with van der Waals surface area (Å²) in [6, 6.07) is 22.4. The summed E-state index contributed by atoms with van der Waals surface area (Å²) in [5.41, 5.74) is 3.12. The molecule has 7 heteroatoms. The van der Waals surface area contributed by atoms with Gasteiger partial charge in [-0.2, -0.15) is 0 Å². The number of urea groups is 1. The van der Waals surface area contributed by atoms with Crippen molar-refractivity contribution in [2.24, 2.45) is 0 Å². The maximum atomic E-state index is 13.7. The molecule has 3 aliphatic rings. The van der Waals surface area contributed by atoms with Gasteiger partial charge in [-0.1, -0.05) is 42.1 Å². The number of piperazine rings is 1. The fourth-order valence-electron chi connectivity index (χ4n) is 4.45. The molecular weight excluding hydrogens is 422 g/mol. The van der Waals surface area contributed by atoms with E-state index in [0.29, 0.717) is 19.9 Å². The van der Waals surface area contributed by atoms with E-state index in [1.54, 1.807) is 11.8 Å². The topological polar surface area (TPSA) is 45.3 Å². The Morgan fingerprint density at radius 1 is 0.812 bits per heavy atom. The maximum Gasteiger partial charge on any atom is 0.329 e. The maximum absolute atomic E-state index is 13.7. The third-order valence-electron chi connectivity index (χ3n) is 6.11.